The van der Waals surface area contributed by atoms with Crippen LogP contribution in [-0.2, 0) is 9.53 Å². The monoisotopic (exact) mass is 486 g/mol. The highest BCUT2D eigenvalue weighted by atomic mass is 32.1. The van der Waals surface area contributed by atoms with E-state index >= 15 is 0 Å². The Morgan fingerprint density at radius 2 is 1.77 bits per heavy atom. The van der Waals surface area contributed by atoms with Gasteiger partial charge < -0.3 is 10.1 Å². The number of esters is 1. The molecule has 0 aliphatic carbocycles. The lowest BCUT2D eigenvalue weighted by Crippen LogP contribution is -2.24. The molecule has 5 rings (SSSR count). The first-order valence-electron chi connectivity index (χ1n) is 10.5. The SMILES string of the molecule is CN1C(=O)c2ccc(NC(=O)COC(=O)c3cn(-c4ccccc4)nc3-c3cccs3)cc2C1=O. The Morgan fingerprint density at radius 1 is 1.00 bits per heavy atom. The quantitative estimate of drug-likeness (QED) is 0.329. The van der Waals surface area contributed by atoms with Crippen LogP contribution in [0.1, 0.15) is 31.1 Å². The molecular weight excluding hydrogens is 468 g/mol. The maximum absolute atomic E-state index is 12.9. The van der Waals surface area contributed by atoms with Crippen molar-refractivity contribution in [3.05, 3.63) is 88.9 Å². The third-order valence-corrected chi connectivity index (χ3v) is 6.29. The summed E-state index contributed by atoms with van der Waals surface area (Å²) in [5, 5.41) is 9.02. The predicted octanol–water partition coefficient (Wildman–Crippen LogP) is 3.62. The number of anilines is 1. The summed E-state index contributed by atoms with van der Waals surface area (Å²) < 4.78 is 6.86. The molecule has 0 saturated heterocycles. The highest BCUT2D eigenvalue weighted by Gasteiger charge is 2.32. The van der Waals surface area contributed by atoms with Crippen LogP contribution in [0, 0.1) is 0 Å². The number of thiophene rings is 1. The summed E-state index contributed by atoms with van der Waals surface area (Å²) in [5.74, 6) is -2.11. The van der Waals surface area contributed by atoms with Gasteiger partial charge in [0.05, 0.1) is 21.7 Å². The molecule has 0 spiro atoms. The minimum Gasteiger partial charge on any atom is -0.452 e. The molecule has 10 heteroatoms. The van der Waals surface area contributed by atoms with Gasteiger partial charge in [0.25, 0.3) is 17.7 Å². The van der Waals surface area contributed by atoms with E-state index in [9.17, 15) is 19.2 Å². The Bertz CT molecular complexity index is 1460. The van der Waals surface area contributed by atoms with E-state index in [0.29, 0.717) is 11.4 Å². The summed E-state index contributed by atoms with van der Waals surface area (Å²) in [6.45, 7) is -0.539. The summed E-state index contributed by atoms with van der Waals surface area (Å²) in [7, 11) is 1.40. The summed E-state index contributed by atoms with van der Waals surface area (Å²) in [6, 6.07) is 17.5. The number of carbonyl (C=O) groups is 4. The topological polar surface area (TPSA) is 111 Å². The standard InChI is InChI=1S/C25H18N4O5S/c1-28-23(31)17-10-9-15(12-18(17)24(28)32)26-21(30)14-34-25(33)19-13-29(16-6-3-2-4-7-16)27-22(19)20-8-5-11-35-20/h2-13H,14H2,1H3,(H,26,30). The summed E-state index contributed by atoms with van der Waals surface area (Å²) in [4.78, 5) is 51.3. The highest BCUT2D eigenvalue weighted by Crippen LogP contribution is 2.28. The Hall–Kier alpha value is -4.57. The van der Waals surface area contributed by atoms with Gasteiger partial charge in [0.2, 0.25) is 0 Å². The molecule has 0 saturated carbocycles. The fourth-order valence-corrected chi connectivity index (χ4v) is 4.40. The molecule has 35 heavy (non-hydrogen) atoms. The number of imide groups is 1. The van der Waals surface area contributed by atoms with Crippen LogP contribution in [0.3, 0.4) is 0 Å². The lowest BCUT2D eigenvalue weighted by atomic mass is 10.1. The molecule has 0 fully saturated rings. The zero-order valence-electron chi connectivity index (χ0n) is 18.4. The number of nitrogens with one attached hydrogen (secondary N) is 1. The maximum atomic E-state index is 12.9. The molecular formula is C25H18N4O5S. The number of fused-ring (bicyclic) bond motifs is 1. The van der Waals surface area contributed by atoms with E-state index in [0.717, 1.165) is 15.5 Å². The van der Waals surface area contributed by atoms with Crippen LogP contribution in [0.15, 0.2) is 72.2 Å². The molecule has 0 unspecified atom stereocenters. The number of hydrogen-bond donors (Lipinski definition) is 1. The summed E-state index contributed by atoms with van der Waals surface area (Å²) in [6.07, 6.45) is 1.57. The average Bonchev–Trinajstić information content (AvgIpc) is 3.60. The zero-order chi connectivity index (χ0) is 24.5. The van der Waals surface area contributed by atoms with E-state index in [4.69, 9.17) is 4.74 Å². The van der Waals surface area contributed by atoms with Crippen LogP contribution < -0.4 is 5.32 Å². The normalized spacial score (nSPS) is 12.5. The van der Waals surface area contributed by atoms with E-state index < -0.39 is 30.3 Å². The van der Waals surface area contributed by atoms with Crippen molar-refractivity contribution >= 4 is 40.7 Å². The fourth-order valence-electron chi connectivity index (χ4n) is 3.68. The molecule has 3 amide bonds. The van der Waals surface area contributed by atoms with Crippen molar-refractivity contribution < 1.29 is 23.9 Å². The summed E-state index contributed by atoms with van der Waals surface area (Å²) in [5.41, 5.74) is 2.27. The van der Waals surface area contributed by atoms with Crippen molar-refractivity contribution in [2.45, 2.75) is 0 Å². The van der Waals surface area contributed by atoms with Gasteiger partial charge in [0.15, 0.2) is 6.61 Å². The van der Waals surface area contributed by atoms with E-state index in [2.05, 4.69) is 10.4 Å². The number of carbonyl (C=O) groups excluding carboxylic acids is 4. The first-order chi connectivity index (χ1) is 16.9. The van der Waals surface area contributed by atoms with Crippen LogP contribution in [0.25, 0.3) is 16.3 Å². The van der Waals surface area contributed by atoms with Crippen LogP contribution in [-0.4, -0.2) is 52.0 Å². The second-order valence-corrected chi connectivity index (χ2v) is 8.65. The van der Waals surface area contributed by atoms with Gasteiger partial charge in [-0.05, 0) is 41.8 Å². The third kappa shape index (κ3) is 4.22. The lowest BCUT2D eigenvalue weighted by Gasteiger charge is -2.07. The van der Waals surface area contributed by atoms with Crippen molar-refractivity contribution in [1.29, 1.82) is 0 Å². The number of amides is 3. The fraction of sp³-hybridized carbons (Fsp3) is 0.0800. The molecule has 3 heterocycles. The van der Waals surface area contributed by atoms with Gasteiger partial charge in [-0.1, -0.05) is 24.3 Å². The van der Waals surface area contributed by atoms with Crippen molar-refractivity contribution in [3.8, 4) is 16.3 Å². The van der Waals surface area contributed by atoms with Crippen molar-refractivity contribution in [3.63, 3.8) is 0 Å². The number of nitrogens with zero attached hydrogens (tertiary/aromatic N) is 3. The van der Waals surface area contributed by atoms with Crippen LogP contribution >= 0.6 is 11.3 Å². The van der Waals surface area contributed by atoms with Gasteiger partial charge in [-0.15, -0.1) is 11.3 Å². The smallest absolute Gasteiger partial charge is 0.342 e. The molecule has 1 aliphatic heterocycles. The summed E-state index contributed by atoms with van der Waals surface area (Å²) >= 11 is 1.43. The van der Waals surface area contributed by atoms with E-state index in [1.54, 1.807) is 10.9 Å². The van der Waals surface area contributed by atoms with E-state index in [-0.39, 0.29) is 16.7 Å². The lowest BCUT2D eigenvalue weighted by molar-refractivity contribution is -0.119. The van der Waals surface area contributed by atoms with Crippen molar-refractivity contribution in [2.75, 3.05) is 19.0 Å². The number of rotatable bonds is 6. The number of aromatic nitrogens is 2. The van der Waals surface area contributed by atoms with E-state index in [1.807, 2.05) is 47.8 Å². The first-order valence-corrected chi connectivity index (χ1v) is 11.4. The largest absolute Gasteiger partial charge is 0.452 e. The second-order valence-electron chi connectivity index (χ2n) is 7.70. The van der Waals surface area contributed by atoms with Gasteiger partial charge in [0, 0.05) is 18.9 Å². The van der Waals surface area contributed by atoms with E-state index in [1.165, 1.54) is 36.6 Å². The van der Waals surface area contributed by atoms with Crippen molar-refractivity contribution in [2.24, 2.45) is 0 Å². The van der Waals surface area contributed by atoms with Gasteiger partial charge in [-0.2, -0.15) is 5.10 Å². The molecule has 4 aromatic rings. The van der Waals surface area contributed by atoms with Crippen molar-refractivity contribution in [1.82, 2.24) is 14.7 Å². The minimum absolute atomic E-state index is 0.209. The molecule has 2 aromatic carbocycles. The Morgan fingerprint density at radius 3 is 2.51 bits per heavy atom. The number of ether oxygens (including phenoxy) is 1. The zero-order valence-corrected chi connectivity index (χ0v) is 19.2. The number of hydrogen-bond acceptors (Lipinski definition) is 7. The second kappa shape index (κ2) is 8.99. The van der Waals surface area contributed by atoms with Gasteiger partial charge in [0.1, 0.15) is 11.3 Å². The Labute approximate surface area is 203 Å². The van der Waals surface area contributed by atoms with Gasteiger partial charge >= 0.3 is 5.97 Å². The first kappa shape index (κ1) is 22.2. The van der Waals surface area contributed by atoms with Crippen LogP contribution in [0.5, 0.6) is 0 Å². The molecule has 1 N–H and O–H groups in total. The third-order valence-electron chi connectivity index (χ3n) is 5.42. The molecule has 9 nitrogen and oxygen atoms in total. The molecule has 174 valence electrons. The Kier molecular flexibility index (Phi) is 5.71. The maximum Gasteiger partial charge on any atom is 0.342 e. The molecule has 0 bridgehead atoms. The average molecular weight is 487 g/mol. The number of benzene rings is 2. The predicted molar refractivity (Wildman–Crippen MR) is 129 cm³/mol. The van der Waals surface area contributed by atoms with Crippen LogP contribution in [0.2, 0.25) is 0 Å². The van der Waals surface area contributed by atoms with Crippen LogP contribution in [0.4, 0.5) is 5.69 Å². The number of para-hydroxylation sites is 1. The molecule has 1 aliphatic rings. The molecule has 0 radical (unpaired) electrons. The molecule has 0 atom stereocenters. The van der Waals surface area contributed by atoms with Gasteiger partial charge in [-0.3, -0.25) is 19.3 Å². The highest BCUT2D eigenvalue weighted by molar-refractivity contribution is 7.13. The molecule has 2 aromatic heterocycles. The van der Waals surface area contributed by atoms with Gasteiger partial charge in [-0.25, -0.2) is 9.48 Å². The Balaban J connectivity index is 1.30. The minimum atomic E-state index is -0.693.